The first-order chi connectivity index (χ1) is 12.2. The predicted molar refractivity (Wildman–Crippen MR) is 95.4 cm³/mol. The van der Waals surface area contributed by atoms with Crippen molar-refractivity contribution in [1.29, 1.82) is 0 Å². The number of benzene rings is 2. The number of ether oxygens (including phenoxy) is 3. The molecule has 5 nitrogen and oxygen atoms in total. The standard InChI is InChI=1S/C20H23NO4/c1-14(11-15-7-8-17-16(12-15)9-10-24-17)21-20(22)13-25-19-6-4-3-5-18(19)23-2/h3-8,12,14H,9-11,13H2,1-2H3,(H,21,22)/t14-/m1/s1. The number of amides is 1. The van der Waals surface area contributed by atoms with E-state index in [4.69, 9.17) is 14.2 Å². The minimum absolute atomic E-state index is 0.0224. The molecule has 25 heavy (non-hydrogen) atoms. The first-order valence-corrected chi connectivity index (χ1v) is 8.45. The van der Waals surface area contributed by atoms with Crippen LogP contribution < -0.4 is 19.5 Å². The maximum atomic E-state index is 12.1. The van der Waals surface area contributed by atoms with Crippen molar-refractivity contribution in [2.45, 2.75) is 25.8 Å². The highest BCUT2D eigenvalue weighted by atomic mass is 16.5. The first-order valence-electron chi connectivity index (χ1n) is 8.45. The van der Waals surface area contributed by atoms with Crippen molar-refractivity contribution in [2.75, 3.05) is 20.3 Å². The first kappa shape index (κ1) is 17.1. The Labute approximate surface area is 147 Å². The third-order valence-electron chi connectivity index (χ3n) is 4.13. The summed E-state index contributed by atoms with van der Waals surface area (Å²) in [5, 5.41) is 2.97. The Morgan fingerprint density at radius 3 is 2.84 bits per heavy atom. The molecule has 2 aromatic carbocycles. The number of hydrogen-bond acceptors (Lipinski definition) is 4. The average Bonchev–Trinajstić information content (AvgIpc) is 3.07. The molecule has 1 N–H and O–H groups in total. The van der Waals surface area contributed by atoms with Gasteiger partial charge in [-0.1, -0.05) is 24.3 Å². The summed E-state index contributed by atoms with van der Waals surface area (Å²) < 4.78 is 16.3. The van der Waals surface area contributed by atoms with Crippen LogP contribution >= 0.6 is 0 Å². The molecule has 0 saturated heterocycles. The van der Waals surface area contributed by atoms with Crippen LogP contribution in [0.25, 0.3) is 0 Å². The lowest BCUT2D eigenvalue weighted by Gasteiger charge is -2.15. The Bertz CT molecular complexity index is 744. The molecular formula is C20H23NO4. The highest BCUT2D eigenvalue weighted by molar-refractivity contribution is 5.77. The van der Waals surface area contributed by atoms with Crippen molar-refractivity contribution in [3.8, 4) is 17.2 Å². The Balaban J connectivity index is 1.49. The summed E-state index contributed by atoms with van der Waals surface area (Å²) in [6.07, 6.45) is 1.73. The van der Waals surface area contributed by atoms with Crippen molar-refractivity contribution in [3.05, 3.63) is 53.6 Å². The van der Waals surface area contributed by atoms with E-state index in [0.717, 1.165) is 25.2 Å². The Morgan fingerprint density at radius 1 is 1.24 bits per heavy atom. The van der Waals surface area contributed by atoms with Gasteiger partial charge in [0, 0.05) is 12.5 Å². The summed E-state index contributed by atoms with van der Waals surface area (Å²) in [6.45, 7) is 2.71. The molecule has 0 saturated carbocycles. The van der Waals surface area contributed by atoms with Gasteiger partial charge in [-0.25, -0.2) is 0 Å². The molecule has 1 atom stereocenters. The lowest BCUT2D eigenvalue weighted by molar-refractivity contribution is -0.123. The van der Waals surface area contributed by atoms with Crippen molar-refractivity contribution in [3.63, 3.8) is 0 Å². The minimum atomic E-state index is -0.150. The van der Waals surface area contributed by atoms with Gasteiger partial charge < -0.3 is 19.5 Å². The topological polar surface area (TPSA) is 56.8 Å². The second-order valence-corrected chi connectivity index (χ2v) is 6.15. The van der Waals surface area contributed by atoms with E-state index in [2.05, 4.69) is 17.4 Å². The summed E-state index contributed by atoms with van der Waals surface area (Å²) in [4.78, 5) is 12.1. The highest BCUT2D eigenvalue weighted by Gasteiger charge is 2.14. The van der Waals surface area contributed by atoms with Crippen molar-refractivity contribution in [2.24, 2.45) is 0 Å². The van der Waals surface area contributed by atoms with E-state index in [1.165, 1.54) is 11.1 Å². The van der Waals surface area contributed by atoms with E-state index >= 15 is 0 Å². The van der Waals surface area contributed by atoms with Gasteiger partial charge in [-0.3, -0.25) is 4.79 Å². The van der Waals surface area contributed by atoms with Crippen LogP contribution in [-0.2, 0) is 17.6 Å². The molecule has 0 spiro atoms. The van der Waals surface area contributed by atoms with Crippen LogP contribution in [0.4, 0.5) is 0 Å². The van der Waals surface area contributed by atoms with E-state index in [-0.39, 0.29) is 18.6 Å². The zero-order valence-electron chi connectivity index (χ0n) is 14.6. The molecule has 0 bridgehead atoms. The van der Waals surface area contributed by atoms with Crippen LogP contribution in [-0.4, -0.2) is 32.3 Å². The molecule has 2 aromatic rings. The second kappa shape index (κ2) is 7.92. The second-order valence-electron chi connectivity index (χ2n) is 6.15. The minimum Gasteiger partial charge on any atom is -0.493 e. The highest BCUT2D eigenvalue weighted by Crippen LogP contribution is 2.27. The number of hydrogen-bond donors (Lipinski definition) is 1. The van der Waals surface area contributed by atoms with Crippen molar-refractivity contribution in [1.82, 2.24) is 5.32 Å². The normalized spacial score (nSPS) is 13.5. The molecule has 0 aromatic heterocycles. The molecule has 0 radical (unpaired) electrons. The lowest BCUT2D eigenvalue weighted by Crippen LogP contribution is -2.37. The maximum absolute atomic E-state index is 12.1. The molecule has 132 valence electrons. The molecule has 1 heterocycles. The molecule has 3 rings (SSSR count). The van der Waals surface area contributed by atoms with Gasteiger partial charge >= 0.3 is 0 Å². The third kappa shape index (κ3) is 4.44. The SMILES string of the molecule is COc1ccccc1OCC(=O)N[C@H](C)Cc1ccc2c(c1)CCO2. The van der Waals surface area contributed by atoms with E-state index in [1.54, 1.807) is 19.2 Å². The quantitative estimate of drug-likeness (QED) is 0.841. The van der Waals surface area contributed by atoms with E-state index < -0.39 is 0 Å². The van der Waals surface area contributed by atoms with Gasteiger partial charge in [-0.05, 0) is 42.7 Å². The Morgan fingerprint density at radius 2 is 2.04 bits per heavy atom. The molecule has 1 aliphatic rings. The van der Waals surface area contributed by atoms with Gasteiger partial charge in [0.1, 0.15) is 5.75 Å². The summed E-state index contributed by atoms with van der Waals surface area (Å²) in [5.41, 5.74) is 2.44. The van der Waals surface area contributed by atoms with Gasteiger partial charge in [0.2, 0.25) is 0 Å². The number of rotatable bonds is 7. The summed E-state index contributed by atoms with van der Waals surface area (Å²) >= 11 is 0. The fraction of sp³-hybridized carbons (Fsp3) is 0.350. The fourth-order valence-corrected chi connectivity index (χ4v) is 2.97. The third-order valence-corrected chi connectivity index (χ3v) is 4.13. The van der Waals surface area contributed by atoms with E-state index in [1.807, 2.05) is 25.1 Å². The molecule has 1 amide bonds. The van der Waals surface area contributed by atoms with E-state index in [9.17, 15) is 4.79 Å². The van der Waals surface area contributed by atoms with Crippen LogP contribution in [0.3, 0.4) is 0 Å². The zero-order chi connectivity index (χ0) is 17.6. The molecule has 0 fully saturated rings. The number of carbonyl (C=O) groups excluding carboxylic acids is 1. The average molecular weight is 341 g/mol. The number of carbonyl (C=O) groups is 1. The number of para-hydroxylation sites is 2. The predicted octanol–water partition coefficient (Wildman–Crippen LogP) is 2.76. The van der Waals surface area contributed by atoms with E-state index in [0.29, 0.717) is 11.5 Å². The molecule has 0 unspecified atom stereocenters. The Kier molecular flexibility index (Phi) is 5.43. The smallest absolute Gasteiger partial charge is 0.258 e. The molecule has 1 aliphatic heterocycles. The molecular weight excluding hydrogens is 318 g/mol. The number of methoxy groups -OCH3 is 1. The van der Waals surface area contributed by atoms with Crippen LogP contribution in [0.15, 0.2) is 42.5 Å². The van der Waals surface area contributed by atoms with Crippen LogP contribution in [0.1, 0.15) is 18.1 Å². The van der Waals surface area contributed by atoms with Crippen molar-refractivity contribution >= 4 is 5.91 Å². The van der Waals surface area contributed by atoms with Gasteiger partial charge in [0.05, 0.1) is 13.7 Å². The monoisotopic (exact) mass is 341 g/mol. The number of fused-ring (bicyclic) bond motifs is 1. The van der Waals surface area contributed by atoms with Gasteiger partial charge in [-0.2, -0.15) is 0 Å². The fourth-order valence-electron chi connectivity index (χ4n) is 2.97. The number of nitrogens with one attached hydrogen (secondary N) is 1. The van der Waals surface area contributed by atoms with Crippen LogP contribution in [0.5, 0.6) is 17.2 Å². The molecule has 5 heteroatoms. The zero-order valence-corrected chi connectivity index (χ0v) is 14.6. The lowest BCUT2D eigenvalue weighted by atomic mass is 10.0. The van der Waals surface area contributed by atoms with Gasteiger partial charge in [0.15, 0.2) is 18.1 Å². The van der Waals surface area contributed by atoms with Crippen LogP contribution in [0.2, 0.25) is 0 Å². The Hall–Kier alpha value is -2.69. The molecule has 0 aliphatic carbocycles. The van der Waals surface area contributed by atoms with Gasteiger partial charge in [0.25, 0.3) is 5.91 Å². The van der Waals surface area contributed by atoms with Crippen LogP contribution in [0, 0.1) is 0 Å². The largest absolute Gasteiger partial charge is 0.493 e. The summed E-state index contributed by atoms with van der Waals surface area (Å²) in [5.74, 6) is 2.00. The van der Waals surface area contributed by atoms with Crippen molar-refractivity contribution < 1.29 is 19.0 Å². The summed E-state index contributed by atoms with van der Waals surface area (Å²) in [7, 11) is 1.58. The van der Waals surface area contributed by atoms with Gasteiger partial charge in [-0.15, -0.1) is 0 Å². The summed E-state index contributed by atoms with van der Waals surface area (Å²) in [6, 6.07) is 13.5. The maximum Gasteiger partial charge on any atom is 0.258 e.